The normalized spacial score (nSPS) is 16.5. The van der Waals surface area contributed by atoms with Gasteiger partial charge >= 0.3 is 0 Å². The van der Waals surface area contributed by atoms with Crippen LogP contribution in [0.5, 0.6) is 0 Å². The molecule has 2 rings (SSSR count). The molecular weight excluding hydrogens is 305 g/mol. The summed E-state index contributed by atoms with van der Waals surface area (Å²) in [6.07, 6.45) is 0.946. The molecule has 0 saturated carbocycles. The maximum absolute atomic E-state index is 11.9. The van der Waals surface area contributed by atoms with E-state index in [1.54, 1.807) is 6.07 Å². The Morgan fingerprint density at radius 2 is 2.16 bits per heavy atom. The van der Waals surface area contributed by atoms with Crippen LogP contribution in [-0.2, 0) is 0 Å². The SMILES string of the molecule is O=C(NCCCN1CCNCC1)c1cc(Cl)sc1Cl. The highest BCUT2D eigenvalue weighted by atomic mass is 35.5. The van der Waals surface area contributed by atoms with E-state index in [0.29, 0.717) is 20.8 Å². The zero-order chi connectivity index (χ0) is 13.7. The lowest BCUT2D eigenvalue weighted by atomic mass is 10.3. The molecule has 0 aromatic carbocycles. The van der Waals surface area contributed by atoms with E-state index in [0.717, 1.165) is 39.1 Å². The number of nitrogens with zero attached hydrogens (tertiary/aromatic N) is 1. The van der Waals surface area contributed by atoms with E-state index in [1.165, 1.54) is 11.3 Å². The number of carbonyl (C=O) groups is 1. The summed E-state index contributed by atoms with van der Waals surface area (Å²) in [6, 6.07) is 1.61. The van der Waals surface area contributed by atoms with Gasteiger partial charge in [0.15, 0.2) is 0 Å². The molecule has 1 aliphatic heterocycles. The zero-order valence-electron chi connectivity index (χ0n) is 10.5. The molecule has 19 heavy (non-hydrogen) atoms. The summed E-state index contributed by atoms with van der Waals surface area (Å²) in [5, 5.41) is 6.19. The lowest BCUT2D eigenvalue weighted by Gasteiger charge is -2.27. The van der Waals surface area contributed by atoms with Crippen LogP contribution in [0.15, 0.2) is 6.07 Å². The number of amides is 1. The van der Waals surface area contributed by atoms with Crippen LogP contribution in [0.25, 0.3) is 0 Å². The van der Waals surface area contributed by atoms with Gasteiger partial charge in [-0.15, -0.1) is 11.3 Å². The minimum Gasteiger partial charge on any atom is -0.352 e. The quantitative estimate of drug-likeness (QED) is 0.816. The largest absolute Gasteiger partial charge is 0.352 e. The van der Waals surface area contributed by atoms with Gasteiger partial charge < -0.3 is 15.5 Å². The number of nitrogens with one attached hydrogen (secondary N) is 2. The minimum atomic E-state index is -0.145. The molecule has 0 spiro atoms. The summed E-state index contributed by atoms with van der Waals surface area (Å²) in [7, 11) is 0. The first kappa shape index (κ1) is 15.1. The highest BCUT2D eigenvalue weighted by molar-refractivity contribution is 7.20. The minimum absolute atomic E-state index is 0.145. The van der Waals surface area contributed by atoms with E-state index < -0.39 is 0 Å². The number of carbonyl (C=O) groups excluding carboxylic acids is 1. The maximum atomic E-state index is 11.9. The predicted molar refractivity (Wildman–Crippen MR) is 80.6 cm³/mol. The van der Waals surface area contributed by atoms with Crippen LogP contribution < -0.4 is 10.6 Å². The molecule has 7 heteroatoms. The Morgan fingerprint density at radius 1 is 1.42 bits per heavy atom. The number of hydrogen-bond acceptors (Lipinski definition) is 4. The fourth-order valence-corrected chi connectivity index (χ4v) is 3.49. The van der Waals surface area contributed by atoms with E-state index in [9.17, 15) is 4.79 Å². The monoisotopic (exact) mass is 321 g/mol. The number of piperazine rings is 1. The predicted octanol–water partition coefficient (Wildman–Crippen LogP) is 2.08. The van der Waals surface area contributed by atoms with Crippen molar-refractivity contribution in [3.63, 3.8) is 0 Å². The Balaban J connectivity index is 1.67. The molecule has 4 nitrogen and oxygen atoms in total. The smallest absolute Gasteiger partial charge is 0.253 e. The van der Waals surface area contributed by atoms with Gasteiger partial charge in [-0.1, -0.05) is 23.2 Å². The molecule has 1 amide bonds. The molecule has 1 aromatic heterocycles. The summed E-state index contributed by atoms with van der Waals surface area (Å²) < 4.78 is 0.987. The Morgan fingerprint density at radius 3 is 2.79 bits per heavy atom. The highest BCUT2D eigenvalue weighted by Gasteiger charge is 2.14. The summed E-state index contributed by atoms with van der Waals surface area (Å²) in [6.45, 7) is 5.94. The number of rotatable bonds is 5. The lowest BCUT2D eigenvalue weighted by molar-refractivity contribution is 0.0952. The van der Waals surface area contributed by atoms with E-state index in [4.69, 9.17) is 23.2 Å². The van der Waals surface area contributed by atoms with E-state index in [2.05, 4.69) is 15.5 Å². The summed E-state index contributed by atoms with van der Waals surface area (Å²) >= 11 is 13.0. The second-order valence-corrected chi connectivity index (χ2v) is 6.72. The average Bonchev–Trinajstić information content (AvgIpc) is 2.75. The van der Waals surface area contributed by atoms with Crippen molar-refractivity contribution < 1.29 is 4.79 Å². The van der Waals surface area contributed by atoms with Crippen molar-refractivity contribution in [3.8, 4) is 0 Å². The van der Waals surface area contributed by atoms with Crippen molar-refractivity contribution in [3.05, 3.63) is 20.3 Å². The molecule has 0 atom stereocenters. The Labute approximate surface area is 127 Å². The number of hydrogen-bond donors (Lipinski definition) is 2. The van der Waals surface area contributed by atoms with Crippen LogP contribution in [0.3, 0.4) is 0 Å². The highest BCUT2D eigenvalue weighted by Crippen LogP contribution is 2.30. The van der Waals surface area contributed by atoms with Crippen molar-refractivity contribution in [2.75, 3.05) is 39.3 Å². The Hall–Kier alpha value is -0.330. The van der Waals surface area contributed by atoms with Crippen LogP contribution >= 0.6 is 34.5 Å². The average molecular weight is 322 g/mol. The Bertz CT molecular complexity index is 433. The molecular formula is C12H17Cl2N3OS. The van der Waals surface area contributed by atoms with Crippen LogP contribution in [0.4, 0.5) is 0 Å². The molecule has 0 aliphatic carbocycles. The maximum Gasteiger partial charge on any atom is 0.253 e. The van der Waals surface area contributed by atoms with Crippen LogP contribution in [-0.4, -0.2) is 50.1 Å². The molecule has 0 unspecified atom stereocenters. The first-order valence-electron chi connectivity index (χ1n) is 6.33. The van der Waals surface area contributed by atoms with Gasteiger partial charge in [0, 0.05) is 32.7 Å². The summed E-state index contributed by atoms with van der Waals surface area (Å²) in [5.74, 6) is -0.145. The molecule has 0 radical (unpaired) electrons. The van der Waals surface area contributed by atoms with E-state index in [-0.39, 0.29) is 5.91 Å². The van der Waals surface area contributed by atoms with Gasteiger partial charge in [-0.05, 0) is 19.0 Å². The molecule has 1 saturated heterocycles. The second kappa shape index (κ2) is 7.45. The molecule has 106 valence electrons. The van der Waals surface area contributed by atoms with Gasteiger partial charge in [0.2, 0.25) is 0 Å². The molecule has 1 aromatic rings. The summed E-state index contributed by atoms with van der Waals surface area (Å²) in [5.41, 5.74) is 0.471. The third kappa shape index (κ3) is 4.61. The Kier molecular flexibility index (Phi) is 5.91. The molecule has 2 heterocycles. The van der Waals surface area contributed by atoms with Gasteiger partial charge in [0.1, 0.15) is 4.34 Å². The van der Waals surface area contributed by atoms with E-state index in [1.807, 2.05) is 0 Å². The topological polar surface area (TPSA) is 44.4 Å². The molecule has 0 bridgehead atoms. The fourth-order valence-electron chi connectivity index (χ4n) is 2.03. The third-order valence-electron chi connectivity index (χ3n) is 3.05. The van der Waals surface area contributed by atoms with Gasteiger partial charge in [0.25, 0.3) is 5.91 Å². The first-order valence-corrected chi connectivity index (χ1v) is 7.90. The fraction of sp³-hybridized carbons (Fsp3) is 0.583. The number of thiophene rings is 1. The molecule has 1 fully saturated rings. The zero-order valence-corrected chi connectivity index (χ0v) is 12.9. The second-order valence-electron chi connectivity index (χ2n) is 4.44. The van der Waals surface area contributed by atoms with Gasteiger partial charge in [-0.2, -0.15) is 0 Å². The standard InChI is InChI=1S/C12H17Cl2N3OS/c13-10-8-9(11(14)19-10)12(18)16-2-1-5-17-6-3-15-4-7-17/h8,15H,1-7H2,(H,16,18). The van der Waals surface area contributed by atoms with Crippen molar-refractivity contribution in [2.45, 2.75) is 6.42 Å². The van der Waals surface area contributed by atoms with E-state index >= 15 is 0 Å². The van der Waals surface area contributed by atoms with Gasteiger partial charge in [0.05, 0.1) is 9.90 Å². The van der Waals surface area contributed by atoms with Crippen LogP contribution in [0, 0.1) is 0 Å². The van der Waals surface area contributed by atoms with Crippen molar-refractivity contribution >= 4 is 40.4 Å². The van der Waals surface area contributed by atoms with Crippen LogP contribution in [0.2, 0.25) is 8.67 Å². The molecule has 1 aliphatic rings. The van der Waals surface area contributed by atoms with Crippen molar-refractivity contribution in [1.29, 1.82) is 0 Å². The van der Waals surface area contributed by atoms with Gasteiger partial charge in [-0.25, -0.2) is 0 Å². The van der Waals surface area contributed by atoms with Crippen molar-refractivity contribution in [1.82, 2.24) is 15.5 Å². The van der Waals surface area contributed by atoms with Crippen molar-refractivity contribution in [2.24, 2.45) is 0 Å². The third-order valence-corrected chi connectivity index (χ3v) is 4.54. The molecule has 2 N–H and O–H groups in total. The first-order chi connectivity index (χ1) is 9.16. The number of halogens is 2. The summed E-state index contributed by atoms with van der Waals surface area (Å²) in [4.78, 5) is 14.3. The lowest BCUT2D eigenvalue weighted by Crippen LogP contribution is -2.44. The van der Waals surface area contributed by atoms with Crippen LogP contribution in [0.1, 0.15) is 16.8 Å². The van der Waals surface area contributed by atoms with Gasteiger partial charge in [-0.3, -0.25) is 4.79 Å².